The Kier molecular flexibility index (Phi) is 3.68. The number of aromatic nitrogens is 1. The minimum Gasteiger partial charge on any atom is -0.493 e. The summed E-state index contributed by atoms with van der Waals surface area (Å²) < 4.78 is 10.1. The third-order valence-electron chi connectivity index (χ3n) is 1.70. The Bertz CT molecular complexity index is 387. The van der Waals surface area contributed by atoms with Gasteiger partial charge in [-0.05, 0) is 6.08 Å². The number of aliphatic carboxylic acids is 1. The number of nitrogens with zero attached hydrogens (tertiary/aromatic N) is 1. The van der Waals surface area contributed by atoms with E-state index >= 15 is 0 Å². The van der Waals surface area contributed by atoms with E-state index in [9.17, 15) is 4.79 Å². The van der Waals surface area contributed by atoms with E-state index in [1.807, 2.05) is 0 Å². The highest BCUT2D eigenvalue weighted by Crippen LogP contribution is 2.29. The largest absolute Gasteiger partial charge is 0.493 e. The Hall–Kier alpha value is -2.04. The third-order valence-corrected chi connectivity index (χ3v) is 1.70. The Morgan fingerprint density at radius 1 is 1.47 bits per heavy atom. The molecule has 1 rings (SSSR count). The number of hydrogen-bond donors (Lipinski definition) is 1. The molecule has 1 heterocycles. The number of methoxy groups -OCH3 is 2. The van der Waals surface area contributed by atoms with Gasteiger partial charge in [0.05, 0.1) is 14.2 Å². The van der Waals surface area contributed by atoms with E-state index in [2.05, 4.69) is 4.98 Å². The topological polar surface area (TPSA) is 68.7 Å². The minimum atomic E-state index is -1.04. The fourth-order valence-corrected chi connectivity index (χ4v) is 1.08. The van der Waals surface area contributed by atoms with Crippen molar-refractivity contribution in [1.82, 2.24) is 4.98 Å². The monoisotopic (exact) mass is 209 g/mol. The molecule has 5 nitrogen and oxygen atoms in total. The summed E-state index contributed by atoms with van der Waals surface area (Å²) in [5, 5.41) is 8.48. The predicted octanol–water partition coefficient (Wildman–Crippen LogP) is 1.20. The number of ether oxygens (including phenoxy) is 2. The van der Waals surface area contributed by atoms with Crippen LogP contribution in [0.2, 0.25) is 0 Å². The van der Waals surface area contributed by atoms with Crippen molar-refractivity contribution in [3.05, 3.63) is 24.0 Å². The Morgan fingerprint density at radius 3 is 2.73 bits per heavy atom. The fourth-order valence-electron chi connectivity index (χ4n) is 1.08. The zero-order valence-corrected chi connectivity index (χ0v) is 8.43. The number of hydrogen-bond acceptors (Lipinski definition) is 4. The number of carbonyl (C=O) groups is 1. The lowest BCUT2D eigenvalue weighted by Crippen LogP contribution is -1.95. The van der Waals surface area contributed by atoms with E-state index in [0.29, 0.717) is 17.2 Å². The number of pyridine rings is 1. The third kappa shape index (κ3) is 2.70. The normalized spacial score (nSPS) is 10.3. The molecule has 1 aromatic rings. The molecule has 0 saturated carbocycles. The van der Waals surface area contributed by atoms with Gasteiger partial charge in [0.2, 0.25) is 0 Å². The summed E-state index contributed by atoms with van der Waals surface area (Å²) >= 11 is 0. The molecule has 0 radical (unpaired) electrons. The lowest BCUT2D eigenvalue weighted by Gasteiger charge is -2.08. The van der Waals surface area contributed by atoms with E-state index in [1.54, 1.807) is 6.07 Å². The molecule has 0 saturated heterocycles. The van der Waals surface area contributed by atoms with Gasteiger partial charge in [0.15, 0.2) is 11.5 Å². The molecule has 0 atom stereocenters. The van der Waals surface area contributed by atoms with Crippen molar-refractivity contribution in [2.75, 3.05) is 14.2 Å². The highest BCUT2D eigenvalue weighted by atomic mass is 16.5. The highest BCUT2D eigenvalue weighted by molar-refractivity contribution is 5.85. The predicted molar refractivity (Wildman–Crippen MR) is 54.0 cm³/mol. The average Bonchev–Trinajstić information content (AvgIpc) is 2.25. The molecule has 15 heavy (non-hydrogen) atoms. The van der Waals surface area contributed by atoms with E-state index in [1.165, 1.54) is 26.5 Å². The smallest absolute Gasteiger partial charge is 0.328 e. The Balaban J connectivity index is 3.11. The first-order valence-electron chi connectivity index (χ1n) is 4.17. The van der Waals surface area contributed by atoms with Crippen LogP contribution in [0.1, 0.15) is 5.69 Å². The number of rotatable bonds is 4. The summed E-state index contributed by atoms with van der Waals surface area (Å²) in [4.78, 5) is 14.3. The van der Waals surface area contributed by atoms with Crippen molar-refractivity contribution >= 4 is 12.0 Å². The molecule has 0 amide bonds. The first kappa shape index (κ1) is 11.0. The van der Waals surface area contributed by atoms with Crippen molar-refractivity contribution in [2.45, 2.75) is 0 Å². The average molecular weight is 209 g/mol. The van der Waals surface area contributed by atoms with E-state index in [0.717, 1.165) is 6.08 Å². The van der Waals surface area contributed by atoms with Gasteiger partial charge in [0.25, 0.3) is 0 Å². The second kappa shape index (κ2) is 4.99. The van der Waals surface area contributed by atoms with Crippen LogP contribution in [0.15, 0.2) is 18.3 Å². The Morgan fingerprint density at radius 2 is 2.20 bits per heavy atom. The van der Waals surface area contributed by atoms with Gasteiger partial charge in [-0.2, -0.15) is 0 Å². The maximum absolute atomic E-state index is 10.3. The van der Waals surface area contributed by atoms with Crippen LogP contribution in [0.25, 0.3) is 6.08 Å². The van der Waals surface area contributed by atoms with Crippen LogP contribution in [0.4, 0.5) is 0 Å². The second-order valence-electron chi connectivity index (χ2n) is 2.60. The van der Waals surface area contributed by atoms with Gasteiger partial charge >= 0.3 is 5.97 Å². The van der Waals surface area contributed by atoms with Crippen LogP contribution < -0.4 is 9.47 Å². The maximum atomic E-state index is 10.3. The summed E-state index contributed by atoms with van der Waals surface area (Å²) in [6.07, 6.45) is 3.86. The minimum absolute atomic E-state index is 0.414. The molecular formula is C10H11NO4. The summed E-state index contributed by atoms with van der Waals surface area (Å²) in [6.45, 7) is 0. The van der Waals surface area contributed by atoms with Crippen LogP contribution in [0, 0.1) is 0 Å². The summed E-state index contributed by atoms with van der Waals surface area (Å²) in [6, 6.07) is 1.64. The fraction of sp³-hybridized carbons (Fsp3) is 0.200. The van der Waals surface area contributed by atoms with Crippen molar-refractivity contribution in [1.29, 1.82) is 0 Å². The zero-order valence-electron chi connectivity index (χ0n) is 8.43. The van der Waals surface area contributed by atoms with Crippen LogP contribution in [-0.2, 0) is 4.79 Å². The quantitative estimate of drug-likeness (QED) is 0.754. The van der Waals surface area contributed by atoms with Gasteiger partial charge in [-0.3, -0.25) is 4.98 Å². The lowest BCUT2D eigenvalue weighted by atomic mass is 10.3. The van der Waals surface area contributed by atoms with Gasteiger partial charge < -0.3 is 14.6 Å². The zero-order chi connectivity index (χ0) is 11.3. The standard InChI is InChI=1S/C10H11NO4/c1-14-8-5-6-11-7(10(8)15-2)3-4-9(12)13/h3-6H,1-2H3,(H,12,13). The van der Waals surface area contributed by atoms with Gasteiger partial charge in [-0.1, -0.05) is 0 Å². The Labute approximate surface area is 87.0 Å². The van der Waals surface area contributed by atoms with Crippen molar-refractivity contribution in [3.63, 3.8) is 0 Å². The number of carboxylic acids is 1. The molecule has 0 aromatic carbocycles. The molecular weight excluding hydrogens is 198 g/mol. The maximum Gasteiger partial charge on any atom is 0.328 e. The molecule has 0 bridgehead atoms. The first-order chi connectivity index (χ1) is 7.19. The van der Waals surface area contributed by atoms with E-state index in [-0.39, 0.29) is 0 Å². The first-order valence-corrected chi connectivity index (χ1v) is 4.17. The number of carboxylic acid groups (broad SMARTS) is 1. The van der Waals surface area contributed by atoms with Crippen LogP contribution in [0.3, 0.4) is 0 Å². The van der Waals surface area contributed by atoms with Crippen molar-refractivity contribution in [2.24, 2.45) is 0 Å². The summed E-state index contributed by atoms with van der Waals surface area (Å²) in [5.74, 6) is -0.114. The molecule has 0 aliphatic rings. The summed E-state index contributed by atoms with van der Waals surface area (Å²) in [5.41, 5.74) is 0.416. The van der Waals surface area contributed by atoms with Gasteiger partial charge in [0.1, 0.15) is 5.69 Å². The molecule has 1 N–H and O–H groups in total. The van der Waals surface area contributed by atoms with Gasteiger partial charge in [-0.15, -0.1) is 0 Å². The SMILES string of the molecule is COc1ccnc(C=CC(=O)O)c1OC. The molecule has 0 aliphatic carbocycles. The second-order valence-corrected chi connectivity index (χ2v) is 2.60. The van der Waals surface area contributed by atoms with Crippen molar-refractivity contribution in [3.8, 4) is 11.5 Å². The van der Waals surface area contributed by atoms with Crippen LogP contribution in [0.5, 0.6) is 11.5 Å². The lowest BCUT2D eigenvalue weighted by molar-refractivity contribution is -0.131. The van der Waals surface area contributed by atoms with Crippen LogP contribution in [-0.4, -0.2) is 30.3 Å². The molecule has 5 heteroatoms. The molecule has 0 aliphatic heterocycles. The molecule has 0 unspecified atom stereocenters. The molecule has 0 spiro atoms. The van der Waals surface area contributed by atoms with Gasteiger partial charge in [-0.25, -0.2) is 4.79 Å². The van der Waals surface area contributed by atoms with Crippen LogP contribution >= 0.6 is 0 Å². The van der Waals surface area contributed by atoms with Gasteiger partial charge in [0, 0.05) is 18.3 Å². The highest BCUT2D eigenvalue weighted by Gasteiger charge is 2.08. The molecule has 1 aromatic heterocycles. The van der Waals surface area contributed by atoms with E-state index in [4.69, 9.17) is 14.6 Å². The molecule has 0 fully saturated rings. The van der Waals surface area contributed by atoms with E-state index < -0.39 is 5.97 Å². The van der Waals surface area contributed by atoms with Crippen molar-refractivity contribution < 1.29 is 19.4 Å². The summed E-state index contributed by atoms with van der Waals surface area (Å²) in [7, 11) is 2.97. The molecule has 80 valence electrons.